The van der Waals surface area contributed by atoms with E-state index in [0.717, 1.165) is 37.7 Å². The van der Waals surface area contributed by atoms with E-state index in [9.17, 15) is 9.90 Å². The molecule has 0 spiro atoms. The number of carbonyl (C=O) groups excluding carboxylic acids is 1. The van der Waals surface area contributed by atoms with E-state index >= 15 is 0 Å². The van der Waals surface area contributed by atoms with Gasteiger partial charge in [-0.3, -0.25) is 4.79 Å². The molecule has 0 aliphatic heterocycles. The Labute approximate surface area is 115 Å². The van der Waals surface area contributed by atoms with Crippen LogP contribution in [0.25, 0.3) is 0 Å². The van der Waals surface area contributed by atoms with Crippen molar-refractivity contribution >= 4 is 5.78 Å². The van der Waals surface area contributed by atoms with Gasteiger partial charge >= 0.3 is 0 Å². The molecule has 1 fully saturated rings. The molecule has 2 rings (SSSR count). The second kappa shape index (κ2) is 6.85. The van der Waals surface area contributed by atoms with Crippen molar-refractivity contribution < 1.29 is 9.90 Å². The average molecular weight is 260 g/mol. The van der Waals surface area contributed by atoms with Gasteiger partial charge in [-0.15, -0.1) is 0 Å². The lowest BCUT2D eigenvalue weighted by molar-refractivity contribution is -0.132. The highest BCUT2D eigenvalue weighted by molar-refractivity contribution is 5.82. The van der Waals surface area contributed by atoms with Gasteiger partial charge in [0.05, 0.1) is 12.0 Å². The lowest BCUT2D eigenvalue weighted by Gasteiger charge is -2.34. The number of aliphatic hydroxyl groups is 1. The molecule has 104 valence electrons. The fraction of sp³-hybridized carbons (Fsp3) is 0.588. The zero-order chi connectivity index (χ0) is 13.7. The molecule has 0 aromatic heterocycles. The molecule has 3 unspecified atom stereocenters. The van der Waals surface area contributed by atoms with Crippen molar-refractivity contribution in [1.82, 2.24) is 0 Å². The van der Waals surface area contributed by atoms with Crippen LogP contribution in [0.1, 0.15) is 57.1 Å². The van der Waals surface area contributed by atoms with Crippen LogP contribution in [0.15, 0.2) is 30.3 Å². The van der Waals surface area contributed by atoms with Crippen LogP contribution in [0.5, 0.6) is 0 Å². The number of hydrogen-bond acceptors (Lipinski definition) is 2. The second-order valence-electron chi connectivity index (χ2n) is 5.64. The monoisotopic (exact) mass is 260 g/mol. The Kier molecular flexibility index (Phi) is 5.15. The number of carbonyl (C=O) groups is 1. The summed E-state index contributed by atoms with van der Waals surface area (Å²) in [6.07, 6.45) is 5.45. The summed E-state index contributed by atoms with van der Waals surface area (Å²) in [5.41, 5.74) is 0.879. The molecule has 1 aliphatic carbocycles. The summed E-state index contributed by atoms with van der Waals surface area (Å²) in [5, 5.41) is 10.6. The van der Waals surface area contributed by atoms with Gasteiger partial charge in [0, 0.05) is 6.42 Å². The summed E-state index contributed by atoms with van der Waals surface area (Å²) in [4.78, 5) is 12.2. The first-order valence-corrected chi connectivity index (χ1v) is 7.49. The Hall–Kier alpha value is -1.15. The van der Waals surface area contributed by atoms with Gasteiger partial charge in [0.2, 0.25) is 0 Å². The Balaban J connectivity index is 2.14. The molecule has 3 atom stereocenters. The molecule has 2 heteroatoms. The molecule has 1 aliphatic rings. The van der Waals surface area contributed by atoms with Crippen molar-refractivity contribution in [3.8, 4) is 0 Å². The van der Waals surface area contributed by atoms with E-state index in [0.29, 0.717) is 12.3 Å². The van der Waals surface area contributed by atoms with Gasteiger partial charge in [0.25, 0.3) is 0 Å². The van der Waals surface area contributed by atoms with E-state index in [-0.39, 0.29) is 11.7 Å². The van der Waals surface area contributed by atoms with Crippen LogP contribution in [0.4, 0.5) is 0 Å². The smallest absolute Gasteiger partial charge is 0.139 e. The van der Waals surface area contributed by atoms with Crippen molar-refractivity contribution in [2.75, 3.05) is 0 Å². The van der Waals surface area contributed by atoms with Gasteiger partial charge in [-0.05, 0) is 30.7 Å². The molecule has 19 heavy (non-hydrogen) atoms. The van der Waals surface area contributed by atoms with Crippen LogP contribution in [-0.2, 0) is 4.79 Å². The topological polar surface area (TPSA) is 37.3 Å². The molecular formula is C17H24O2. The Bertz CT molecular complexity index is 399. The summed E-state index contributed by atoms with van der Waals surface area (Å²) in [5.74, 6) is 0.419. The first-order chi connectivity index (χ1) is 9.24. The zero-order valence-electron chi connectivity index (χ0n) is 11.7. The molecule has 1 aromatic rings. The number of ketones is 1. The summed E-state index contributed by atoms with van der Waals surface area (Å²) in [6.45, 7) is 2.17. The predicted octanol–water partition coefficient (Wildman–Crippen LogP) is 3.90. The number of benzene rings is 1. The Morgan fingerprint density at radius 3 is 2.74 bits per heavy atom. The molecule has 1 N–H and O–H groups in total. The standard InChI is InChI=1S/C17H24O2/c1-2-3-8-13-11-7-12-15(18)16(13)17(19)14-9-5-4-6-10-14/h4-6,9-10,13,16-17,19H,2-3,7-8,11-12H2,1H3. The van der Waals surface area contributed by atoms with Crippen LogP contribution < -0.4 is 0 Å². The minimum absolute atomic E-state index is 0.192. The number of Topliss-reactive ketones (excluding diaryl/α,β-unsaturated/α-hetero) is 1. The molecule has 0 amide bonds. The average Bonchev–Trinajstić information content (AvgIpc) is 2.45. The van der Waals surface area contributed by atoms with Crippen molar-refractivity contribution in [3.05, 3.63) is 35.9 Å². The molecule has 0 heterocycles. The van der Waals surface area contributed by atoms with Gasteiger partial charge in [-0.1, -0.05) is 50.1 Å². The van der Waals surface area contributed by atoms with Crippen molar-refractivity contribution in [2.45, 2.75) is 51.6 Å². The molecular weight excluding hydrogens is 236 g/mol. The van der Waals surface area contributed by atoms with E-state index in [1.807, 2.05) is 30.3 Å². The molecule has 1 aromatic carbocycles. The lowest BCUT2D eigenvalue weighted by atomic mass is 9.72. The number of rotatable bonds is 5. The maximum absolute atomic E-state index is 12.2. The molecule has 0 bridgehead atoms. The van der Waals surface area contributed by atoms with E-state index in [1.165, 1.54) is 0 Å². The molecule has 0 saturated heterocycles. The molecule has 2 nitrogen and oxygen atoms in total. The third-order valence-corrected chi connectivity index (χ3v) is 4.29. The quantitative estimate of drug-likeness (QED) is 0.872. The van der Waals surface area contributed by atoms with Crippen molar-refractivity contribution in [1.29, 1.82) is 0 Å². The normalized spacial score (nSPS) is 25.3. The third kappa shape index (κ3) is 3.44. The van der Waals surface area contributed by atoms with E-state index in [2.05, 4.69) is 6.92 Å². The summed E-state index contributed by atoms with van der Waals surface area (Å²) in [7, 11) is 0. The highest BCUT2D eigenvalue weighted by atomic mass is 16.3. The van der Waals surface area contributed by atoms with Gasteiger partial charge in [-0.2, -0.15) is 0 Å². The first-order valence-electron chi connectivity index (χ1n) is 7.49. The van der Waals surface area contributed by atoms with Gasteiger partial charge in [-0.25, -0.2) is 0 Å². The largest absolute Gasteiger partial charge is 0.388 e. The van der Waals surface area contributed by atoms with E-state index in [1.54, 1.807) is 0 Å². The van der Waals surface area contributed by atoms with Crippen molar-refractivity contribution in [3.63, 3.8) is 0 Å². The number of aliphatic hydroxyl groups excluding tert-OH is 1. The third-order valence-electron chi connectivity index (χ3n) is 4.29. The van der Waals surface area contributed by atoms with Crippen LogP contribution in [0.2, 0.25) is 0 Å². The Morgan fingerprint density at radius 2 is 2.05 bits per heavy atom. The minimum atomic E-state index is -0.629. The van der Waals surface area contributed by atoms with Gasteiger partial charge in [0.1, 0.15) is 5.78 Å². The Morgan fingerprint density at radius 1 is 1.32 bits per heavy atom. The molecule has 0 radical (unpaired) electrons. The first kappa shape index (κ1) is 14.3. The SMILES string of the molecule is CCCCC1CCCC(=O)C1C(O)c1ccccc1. The maximum atomic E-state index is 12.2. The van der Waals surface area contributed by atoms with Gasteiger partial charge < -0.3 is 5.11 Å². The van der Waals surface area contributed by atoms with E-state index < -0.39 is 6.10 Å². The van der Waals surface area contributed by atoms with Crippen LogP contribution >= 0.6 is 0 Å². The summed E-state index contributed by atoms with van der Waals surface area (Å²) in [6, 6.07) is 9.63. The number of hydrogen-bond donors (Lipinski definition) is 1. The lowest BCUT2D eigenvalue weighted by Crippen LogP contribution is -2.33. The van der Waals surface area contributed by atoms with E-state index in [4.69, 9.17) is 0 Å². The fourth-order valence-electron chi connectivity index (χ4n) is 3.23. The zero-order valence-corrected chi connectivity index (χ0v) is 11.7. The highest BCUT2D eigenvalue weighted by Crippen LogP contribution is 2.39. The van der Waals surface area contributed by atoms with Gasteiger partial charge in [0.15, 0.2) is 0 Å². The fourth-order valence-corrected chi connectivity index (χ4v) is 3.23. The summed E-state index contributed by atoms with van der Waals surface area (Å²) < 4.78 is 0. The second-order valence-corrected chi connectivity index (χ2v) is 5.64. The summed E-state index contributed by atoms with van der Waals surface area (Å²) >= 11 is 0. The number of unbranched alkanes of at least 4 members (excludes halogenated alkanes) is 1. The van der Waals surface area contributed by atoms with Crippen LogP contribution in [0, 0.1) is 11.8 Å². The highest BCUT2D eigenvalue weighted by Gasteiger charge is 2.37. The predicted molar refractivity (Wildman–Crippen MR) is 76.8 cm³/mol. The maximum Gasteiger partial charge on any atom is 0.139 e. The minimum Gasteiger partial charge on any atom is -0.388 e. The van der Waals surface area contributed by atoms with Crippen LogP contribution in [-0.4, -0.2) is 10.9 Å². The van der Waals surface area contributed by atoms with Crippen molar-refractivity contribution in [2.24, 2.45) is 11.8 Å². The molecule has 1 saturated carbocycles. The van der Waals surface area contributed by atoms with Crippen LogP contribution in [0.3, 0.4) is 0 Å².